The van der Waals surface area contributed by atoms with Gasteiger partial charge in [0.1, 0.15) is 11.3 Å². The molecule has 0 radical (unpaired) electrons. The van der Waals surface area contributed by atoms with E-state index < -0.39 is 0 Å². The fourth-order valence-corrected chi connectivity index (χ4v) is 7.22. The number of nitrogens with two attached hydrogens (primary N) is 1. The van der Waals surface area contributed by atoms with E-state index in [2.05, 4.69) is 44.0 Å². The number of benzene rings is 1. The van der Waals surface area contributed by atoms with Gasteiger partial charge in [0.25, 0.3) is 0 Å². The van der Waals surface area contributed by atoms with E-state index in [1.165, 1.54) is 24.0 Å². The van der Waals surface area contributed by atoms with Gasteiger partial charge in [0.15, 0.2) is 17.3 Å². The minimum absolute atomic E-state index is 0.306. The highest BCUT2D eigenvalue weighted by Crippen LogP contribution is 2.40. The van der Waals surface area contributed by atoms with Gasteiger partial charge in [0.2, 0.25) is 5.91 Å². The maximum atomic E-state index is 12.5. The highest BCUT2D eigenvalue weighted by molar-refractivity contribution is 5.83. The molecule has 3 N–H and O–H groups in total. The number of piperidine rings is 1. The molecule has 0 spiro atoms. The smallest absolute Gasteiger partial charge is 0.225 e. The molecule has 10 nitrogen and oxygen atoms in total. The Morgan fingerprint density at radius 2 is 1.80 bits per heavy atom. The molecule has 9 rings (SSSR count). The molecule has 1 amide bonds. The summed E-state index contributed by atoms with van der Waals surface area (Å²) in [7, 11) is 0. The van der Waals surface area contributed by atoms with Gasteiger partial charge in [-0.3, -0.25) is 9.36 Å². The van der Waals surface area contributed by atoms with Gasteiger partial charge in [-0.25, -0.2) is 19.6 Å². The molecular formula is C35H37N9O. The number of anilines is 1. The number of imidazole rings is 1. The van der Waals surface area contributed by atoms with Crippen LogP contribution in [0.3, 0.4) is 0 Å². The second-order valence-electron chi connectivity index (χ2n) is 13.2. The molecular weight excluding hydrogens is 562 g/mol. The monoisotopic (exact) mass is 599 g/mol. The maximum Gasteiger partial charge on any atom is 0.225 e. The number of amides is 1. The molecule has 2 saturated carbocycles. The number of nitrogens with zero attached hydrogens (tertiary/aromatic N) is 7. The molecule has 0 unspecified atom stereocenters. The number of likely N-dealkylation sites (tertiary alicyclic amines) is 1. The lowest BCUT2D eigenvalue weighted by Crippen LogP contribution is -2.46. The Morgan fingerprint density at radius 3 is 2.60 bits per heavy atom. The SMILES string of the molecule is Nc1ncccc1-c1nc2ccc(-n3ccc(C4CC4)n3)nc2n1-c1ccc2c(c1)CC[C@@H]2NC1CCN(C(=O)C2CC2)CC1. The van der Waals surface area contributed by atoms with E-state index in [9.17, 15) is 4.79 Å². The topological polar surface area (TPSA) is 120 Å². The molecule has 45 heavy (non-hydrogen) atoms. The summed E-state index contributed by atoms with van der Waals surface area (Å²) in [6.45, 7) is 1.74. The van der Waals surface area contributed by atoms with Crippen LogP contribution in [0, 0.1) is 5.92 Å². The van der Waals surface area contributed by atoms with Crippen molar-refractivity contribution in [1.82, 2.24) is 39.5 Å². The molecule has 3 fully saturated rings. The largest absolute Gasteiger partial charge is 0.383 e. The van der Waals surface area contributed by atoms with E-state index in [0.29, 0.717) is 35.6 Å². The molecule has 0 bridgehead atoms. The number of pyridine rings is 2. The van der Waals surface area contributed by atoms with Crippen molar-refractivity contribution in [1.29, 1.82) is 0 Å². The summed E-state index contributed by atoms with van der Waals surface area (Å²) in [5.41, 5.74) is 13.6. The second-order valence-corrected chi connectivity index (χ2v) is 13.2. The lowest BCUT2D eigenvalue weighted by Gasteiger charge is -2.34. The third kappa shape index (κ3) is 4.88. The average Bonchev–Trinajstić information content (AvgIpc) is 3.98. The van der Waals surface area contributed by atoms with Gasteiger partial charge < -0.3 is 16.0 Å². The van der Waals surface area contributed by atoms with Crippen LogP contribution in [0.15, 0.2) is 60.9 Å². The summed E-state index contributed by atoms with van der Waals surface area (Å²) in [6, 6.07) is 17.4. The molecule has 1 aromatic carbocycles. The Morgan fingerprint density at radius 1 is 0.933 bits per heavy atom. The summed E-state index contributed by atoms with van der Waals surface area (Å²) >= 11 is 0. The standard InChI is InChI=1S/C35H37N9O/c36-32-27(2-1-16-37-32)33-39-30-11-12-31(43-19-15-28(41-43)21-3-4-21)40-34(30)44(33)25-8-9-26-23(20-25)7-10-29(26)38-24-13-17-42(18-14-24)35(45)22-5-6-22/h1-2,8-9,11-12,15-16,19-22,24,29,38H,3-7,10,13-14,17-18H2,(H2,36,37)/t29-/m0/s1. The highest BCUT2D eigenvalue weighted by Gasteiger charge is 2.36. The quantitative estimate of drug-likeness (QED) is 0.267. The number of fused-ring (bicyclic) bond motifs is 2. The molecule has 3 aliphatic carbocycles. The number of carbonyl (C=O) groups excluding carboxylic acids is 1. The summed E-state index contributed by atoms with van der Waals surface area (Å²) in [4.78, 5) is 29.1. The summed E-state index contributed by atoms with van der Waals surface area (Å²) in [5.74, 6) is 3.18. The number of carbonyl (C=O) groups is 1. The predicted octanol–water partition coefficient (Wildman–Crippen LogP) is 5.11. The molecule has 5 heterocycles. The van der Waals surface area contributed by atoms with Crippen LogP contribution in [-0.2, 0) is 11.2 Å². The van der Waals surface area contributed by atoms with Gasteiger partial charge in [-0.2, -0.15) is 5.10 Å². The van der Waals surface area contributed by atoms with Crippen molar-refractivity contribution in [2.75, 3.05) is 18.8 Å². The molecule has 228 valence electrons. The Hall–Kier alpha value is -4.57. The first kappa shape index (κ1) is 26.8. The molecule has 1 aliphatic heterocycles. The Balaban J connectivity index is 1.04. The summed E-state index contributed by atoms with van der Waals surface area (Å²) in [6.07, 6.45) is 12.4. The zero-order valence-corrected chi connectivity index (χ0v) is 25.3. The second kappa shape index (κ2) is 10.5. The van der Waals surface area contributed by atoms with Crippen LogP contribution in [0.2, 0.25) is 0 Å². The predicted molar refractivity (Wildman–Crippen MR) is 172 cm³/mol. The number of hydrogen-bond donors (Lipinski definition) is 2. The molecule has 5 aromatic rings. The minimum atomic E-state index is 0.306. The fourth-order valence-electron chi connectivity index (χ4n) is 7.22. The van der Waals surface area contributed by atoms with Crippen molar-refractivity contribution < 1.29 is 4.79 Å². The van der Waals surface area contributed by atoms with Gasteiger partial charge in [-0.05, 0) is 105 Å². The Kier molecular flexibility index (Phi) is 6.26. The lowest BCUT2D eigenvalue weighted by molar-refractivity contribution is -0.133. The lowest BCUT2D eigenvalue weighted by atomic mass is 10.0. The third-order valence-electron chi connectivity index (χ3n) is 10.0. The van der Waals surface area contributed by atoms with E-state index in [0.717, 1.165) is 91.4 Å². The van der Waals surface area contributed by atoms with Crippen LogP contribution in [-0.4, -0.2) is 59.2 Å². The van der Waals surface area contributed by atoms with Gasteiger partial charge in [0.05, 0.1) is 11.3 Å². The first-order valence-corrected chi connectivity index (χ1v) is 16.4. The number of aryl methyl sites for hydroxylation is 1. The van der Waals surface area contributed by atoms with E-state index in [4.69, 9.17) is 20.8 Å². The van der Waals surface area contributed by atoms with Crippen LogP contribution < -0.4 is 11.1 Å². The molecule has 1 saturated heterocycles. The number of nitrogens with one attached hydrogen (secondary N) is 1. The van der Waals surface area contributed by atoms with Crippen molar-refractivity contribution in [3.8, 4) is 22.9 Å². The molecule has 10 heteroatoms. The van der Waals surface area contributed by atoms with Gasteiger partial charge in [0, 0.05) is 55.1 Å². The third-order valence-corrected chi connectivity index (χ3v) is 10.0. The number of rotatable bonds is 7. The maximum absolute atomic E-state index is 12.5. The van der Waals surface area contributed by atoms with Crippen LogP contribution >= 0.6 is 0 Å². The highest BCUT2D eigenvalue weighted by atomic mass is 16.2. The Labute approximate surface area is 261 Å². The van der Waals surface area contributed by atoms with Gasteiger partial charge >= 0.3 is 0 Å². The summed E-state index contributed by atoms with van der Waals surface area (Å²) < 4.78 is 3.99. The van der Waals surface area contributed by atoms with E-state index in [1.54, 1.807) is 6.20 Å². The van der Waals surface area contributed by atoms with Crippen molar-refractivity contribution in [3.63, 3.8) is 0 Å². The minimum Gasteiger partial charge on any atom is -0.383 e. The van der Waals surface area contributed by atoms with Crippen molar-refractivity contribution in [3.05, 3.63) is 77.7 Å². The van der Waals surface area contributed by atoms with Crippen LogP contribution in [0.5, 0.6) is 0 Å². The Bertz CT molecular complexity index is 1930. The van der Waals surface area contributed by atoms with Crippen molar-refractivity contribution in [2.45, 2.75) is 69.4 Å². The zero-order valence-electron chi connectivity index (χ0n) is 25.3. The van der Waals surface area contributed by atoms with Gasteiger partial charge in [-0.15, -0.1) is 0 Å². The summed E-state index contributed by atoms with van der Waals surface area (Å²) in [5, 5.41) is 8.77. The number of aromatic nitrogens is 6. The van der Waals surface area contributed by atoms with Crippen LogP contribution in [0.1, 0.15) is 73.7 Å². The van der Waals surface area contributed by atoms with E-state index >= 15 is 0 Å². The number of nitrogen functional groups attached to an aromatic ring is 1. The first-order chi connectivity index (χ1) is 22.1. The van der Waals surface area contributed by atoms with Crippen molar-refractivity contribution in [2.24, 2.45) is 5.92 Å². The number of hydrogen-bond acceptors (Lipinski definition) is 7. The van der Waals surface area contributed by atoms with E-state index in [1.807, 2.05) is 35.1 Å². The zero-order chi connectivity index (χ0) is 30.1. The molecule has 4 aromatic heterocycles. The normalized spacial score (nSPS) is 20.2. The van der Waals surface area contributed by atoms with E-state index in [-0.39, 0.29) is 0 Å². The van der Waals surface area contributed by atoms with Crippen molar-refractivity contribution >= 4 is 22.9 Å². The van der Waals surface area contributed by atoms with Crippen LogP contribution in [0.25, 0.3) is 34.1 Å². The first-order valence-electron chi connectivity index (χ1n) is 16.4. The van der Waals surface area contributed by atoms with Gasteiger partial charge in [-0.1, -0.05) is 6.07 Å². The molecule has 1 atom stereocenters. The van der Waals surface area contributed by atoms with Crippen LogP contribution in [0.4, 0.5) is 5.82 Å². The average molecular weight is 600 g/mol. The molecule has 4 aliphatic rings. The fraction of sp³-hybridized carbons (Fsp3) is 0.400.